The van der Waals surface area contributed by atoms with E-state index in [-0.39, 0.29) is 5.41 Å². The lowest BCUT2D eigenvalue weighted by Gasteiger charge is -2.63. The largest absolute Gasteiger partial charge is 0.365 e. The van der Waals surface area contributed by atoms with E-state index in [9.17, 15) is 10.2 Å². The minimum Gasteiger partial charge on any atom is -0.365 e. The number of aliphatic hydroxyl groups is 2. The molecule has 4 aliphatic rings. The molecule has 0 aliphatic heterocycles. The third kappa shape index (κ3) is 1.78. The minimum absolute atomic E-state index is 0.252. The van der Waals surface area contributed by atoms with Crippen molar-refractivity contribution in [1.82, 2.24) is 0 Å². The van der Waals surface area contributed by atoms with Crippen LogP contribution in [0.1, 0.15) is 78.1 Å². The molecule has 4 rings (SSSR count). The average molecular weight is 292 g/mol. The van der Waals surface area contributed by atoms with Crippen LogP contribution in [0.4, 0.5) is 0 Å². The molecule has 21 heavy (non-hydrogen) atoms. The van der Waals surface area contributed by atoms with Gasteiger partial charge in [-0.25, -0.2) is 0 Å². The van der Waals surface area contributed by atoms with Crippen LogP contribution in [0.3, 0.4) is 0 Å². The van der Waals surface area contributed by atoms with E-state index in [1.165, 1.54) is 51.4 Å². The van der Waals surface area contributed by atoms with Gasteiger partial charge in [0.15, 0.2) is 5.79 Å². The highest BCUT2D eigenvalue weighted by Crippen LogP contribution is 2.67. The predicted octanol–water partition coefficient (Wildman–Crippen LogP) is 4.10. The molecule has 0 bridgehead atoms. The molecule has 6 atom stereocenters. The van der Waals surface area contributed by atoms with Crippen molar-refractivity contribution in [1.29, 1.82) is 0 Å². The Bertz CT molecular complexity index is 431. The van der Waals surface area contributed by atoms with Gasteiger partial charge in [-0.05, 0) is 80.5 Å². The summed E-state index contributed by atoms with van der Waals surface area (Å²) < 4.78 is 0. The Balaban J connectivity index is 1.71. The fourth-order valence-corrected chi connectivity index (χ4v) is 7.36. The lowest BCUT2D eigenvalue weighted by atomic mass is 9.44. The minimum atomic E-state index is -1.43. The SMILES string of the molecule is C[C@@]12CCC[C@@H]1[C@@H]1CC[C@@H]3CCCC(O)(O)[C@]3(C)[C@H]1CC2. The Morgan fingerprint density at radius 2 is 1.52 bits per heavy atom. The zero-order chi connectivity index (χ0) is 14.9. The molecule has 0 saturated heterocycles. The van der Waals surface area contributed by atoms with E-state index in [1.807, 2.05) is 0 Å². The van der Waals surface area contributed by atoms with E-state index < -0.39 is 5.79 Å². The number of hydrogen-bond donors (Lipinski definition) is 2. The zero-order valence-corrected chi connectivity index (χ0v) is 13.8. The van der Waals surface area contributed by atoms with Crippen molar-refractivity contribution in [2.45, 2.75) is 83.8 Å². The van der Waals surface area contributed by atoms with Gasteiger partial charge in [-0.15, -0.1) is 0 Å². The Morgan fingerprint density at radius 3 is 2.33 bits per heavy atom. The zero-order valence-electron chi connectivity index (χ0n) is 13.8. The van der Waals surface area contributed by atoms with Crippen LogP contribution < -0.4 is 0 Å². The fraction of sp³-hybridized carbons (Fsp3) is 1.00. The van der Waals surface area contributed by atoms with Crippen molar-refractivity contribution in [3.05, 3.63) is 0 Å². The van der Waals surface area contributed by atoms with Gasteiger partial charge in [-0.3, -0.25) is 0 Å². The molecule has 4 saturated carbocycles. The van der Waals surface area contributed by atoms with Gasteiger partial charge in [0, 0.05) is 11.8 Å². The summed E-state index contributed by atoms with van der Waals surface area (Å²) in [6, 6.07) is 0. The van der Waals surface area contributed by atoms with E-state index in [4.69, 9.17) is 0 Å². The molecule has 0 aromatic rings. The molecule has 0 aromatic carbocycles. The molecule has 0 radical (unpaired) electrons. The molecular formula is C19H32O2. The highest BCUT2D eigenvalue weighted by molar-refractivity contribution is 5.10. The molecule has 120 valence electrons. The first-order chi connectivity index (χ1) is 9.88. The number of hydrogen-bond acceptors (Lipinski definition) is 2. The lowest BCUT2D eigenvalue weighted by Crippen LogP contribution is -2.63. The van der Waals surface area contributed by atoms with Crippen molar-refractivity contribution in [2.75, 3.05) is 0 Å². The van der Waals surface area contributed by atoms with E-state index in [0.717, 1.165) is 18.3 Å². The van der Waals surface area contributed by atoms with Crippen LogP contribution in [0, 0.1) is 34.5 Å². The molecule has 2 nitrogen and oxygen atoms in total. The van der Waals surface area contributed by atoms with Crippen LogP contribution in [0.2, 0.25) is 0 Å². The monoisotopic (exact) mass is 292 g/mol. The molecule has 4 fully saturated rings. The molecule has 0 spiro atoms. The van der Waals surface area contributed by atoms with Gasteiger partial charge in [-0.1, -0.05) is 20.3 Å². The first-order valence-corrected chi connectivity index (χ1v) is 9.33. The van der Waals surface area contributed by atoms with E-state index in [0.29, 0.717) is 23.7 Å². The van der Waals surface area contributed by atoms with Gasteiger partial charge >= 0.3 is 0 Å². The van der Waals surface area contributed by atoms with Gasteiger partial charge in [0.2, 0.25) is 0 Å². The van der Waals surface area contributed by atoms with Crippen LogP contribution in [0.25, 0.3) is 0 Å². The molecular weight excluding hydrogens is 260 g/mol. The summed E-state index contributed by atoms with van der Waals surface area (Å²) in [5.74, 6) is 1.26. The first-order valence-electron chi connectivity index (χ1n) is 9.33. The molecule has 0 heterocycles. The third-order valence-electron chi connectivity index (χ3n) is 8.63. The number of rotatable bonds is 0. The Labute approximate surface area is 129 Å². The van der Waals surface area contributed by atoms with Crippen molar-refractivity contribution in [3.8, 4) is 0 Å². The van der Waals surface area contributed by atoms with Crippen LogP contribution in [0.15, 0.2) is 0 Å². The maximum atomic E-state index is 10.8. The Kier molecular flexibility index (Phi) is 3.09. The molecule has 2 N–H and O–H groups in total. The fourth-order valence-electron chi connectivity index (χ4n) is 7.36. The molecule has 0 aromatic heterocycles. The normalized spacial score (nSPS) is 55.4. The average Bonchev–Trinajstić information content (AvgIpc) is 2.82. The van der Waals surface area contributed by atoms with E-state index in [2.05, 4.69) is 13.8 Å². The van der Waals surface area contributed by atoms with Crippen LogP contribution in [-0.2, 0) is 0 Å². The molecule has 0 amide bonds. The van der Waals surface area contributed by atoms with Gasteiger partial charge in [0.25, 0.3) is 0 Å². The lowest BCUT2D eigenvalue weighted by molar-refractivity contribution is -0.312. The highest BCUT2D eigenvalue weighted by atomic mass is 16.5. The second-order valence-corrected chi connectivity index (χ2v) is 9.23. The van der Waals surface area contributed by atoms with E-state index in [1.54, 1.807) is 0 Å². The quantitative estimate of drug-likeness (QED) is 0.660. The maximum absolute atomic E-state index is 10.8. The summed E-state index contributed by atoms with van der Waals surface area (Å²) in [5.41, 5.74) is 0.310. The van der Waals surface area contributed by atoms with Crippen molar-refractivity contribution in [3.63, 3.8) is 0 Å². The van der Waals surface area contributed by atoms with Crippen LogP contribution in [0.5, 0.6) is 0 Å². The van der Waals surface area contributed by atoms with E-state index >= 15 is 0 Å². The molecule has 2 heteroatoms. The van der Waals surface area contributed by atoms with Crippen LogP contribution >= 0.6 is 0 Å². The Morgan fingerprint density at radius 1 is 0.762 bits per heavy atom. The Hall–Kier alpha value is -0.0800. The summed E-state index contributed by atoms with van der Waals surface area (Å²) in [6.07, 6.45) is 12.1. The summed E-state index contributed by atoms with van der Waals surface area (Å²) in [6.45, 7) is 4.74. The van der Waals surface area contributed by atoms with Crippen molar-refractivity contribution < 1.29 is 10.2 Å². The topological polar surface area (TPSA) is 40.5 Å². The van der Waals surface area contributed by atoms with Crippen LogP contribution in [-0.4, -0.2) is 16.0 Å². The van der Waals surface area contributed by atoms with Gasteiger partial charge < -0.3 is 10.2 Å². The van der Waals surface area contributed by atoms with Gasteiger partial charge in [-0.2, -0.15) is 0 Å². The third-order valence-corrected chi connectivity index (χ3v) is 8.63. The van der Waals surface area contributed by atoms with Crippen molar-refractivity contribution >= 4 is 0 Å². The molecule has 0 unspecified atom stereocenters. The van der Waals surface area contributed by atoms with Gasteiger partial charge in [0.05, 0.1) is 0 Å². The summed E-state index contributed by atoms with van der Waals surface area (Å²) in [4.78, 5) is 0. The predicted molar refractivity (Wildman–Crippen MR) is 83.5 cm³/mol. The second kappa shape index (κ2) is 4.47. The first kappa shape index (κ1) is 14.5. The summed E-state index contributed by atoms with van der Waals surface area (Å²) in [7, 11) is 0. The number of fused-ring (bicyclic) bond motifs is 5. The summed E-state index contributed by atoms with van der Waals surface area (Å²) >= 11 is 0. The smallest absolute Gasteiger partial charge is 0.168 e. The highest BCUT2D eigenvalue weighted by Gasteiger charge is 2.64. The summed E-state index contributed by atoms with van der Waals surface area (Å²) in [5, 5.41) is 21.7. The maximum Gasteiger partial charge on any atom is 0.168 e. The molecule has 4 aliphatic carbocycles. The van der Waals surface area contributed by atoms with Gasteiger partial charge in [0.1, 0.15) is 0 Å². The second-order valence-electron chi connectivity index (χ2n) is 9.23. The standard InChI is InChI=1S/C19H32O2/c1-17-10-4-6-15(17)14-8-7-13-5-3-11-19(20,21)18(13,2)16(14)9-12-17/h13-16,20-21H,3-12H2,1-2H3/t13-,14-,15+,16-,17-,18-/m0/s1. The van der Waals surface area contributed by atoms with Crippen molar-refractivity contribution in [2.24, 2.45) is 34.5 Å².